The van der Waals surface area contributed by atoms with Crippen LogP contribution in [-0.4, -0.2) is 17.4 Å². The third kappa shape index (κ3) is 3.34. The minimum atomic E-state index is -0.251. The molecule has 2 aliphatic rings. The summed E-state index contributed by atoms with van der Waals surface area (Å²) in [6, 6.07) is 12.1. The van der Waals surface area contributed by atoms with Crippen molar-refractivity contribution in [3.63, 3.8) is 0 Å². The number of Topliss-reactive ketones (excluding diaryl/α,β-unsaturated/α-hetero) is 1. The van der Waals surface area contributed by atoms with Crippen LogP contribution in [0.5, 0.6) is 11.5 Å². The molecule has 0 bridgehead atoms. The van der Waals surface area contributed by atoms with Crippen LogP contribution < -0.4 is 9.47 Å². The quantitative estimate of drug-likeness (QED) is 0.562. The van der Waals surface area contributed by atoms with Gasteiger partial charge < -0.3 is 9.47 Å². The molecule has 0 saturated carbocycles. The van der Waals surface area contributed by atoms with Crippen LogP contribution in [0.1, 0.15) is 31.9 Å². The molecule has 146 valence electrons. The molecule has 29 heavy (non-hydrogen) atoms. The van der Waals surface area contributed by atoms with Gasteiger partial charge in [0.1, 0.15) is 24.0 Å². The monoisotopic (exact) mass is 407 g/mol. The molecule has 0 radical (unpaired) electrons. The highest BCUT2D eigenvalue weighted by Crippen LogP contribution is 2.42. The largest absolute Gasteiger partial charge is 0.478 e. The van der Waals surface area contributed by atoms with E-state index in [0.29, 0.717) is 36.9 Å². The number of aryl methyl sites for hydroxylation is 1. The van der Waals surface area contributed by atoms with Crippen molar-refractivity contribution < 1.29 is 18.7 Å². The number of benzene rings is 2. The average molecular weight is 407 g/mol. The number of carbonyl (C=O) groups is 1. The van der Waals surface area contributed by atoms with E-state index in [9.17, 15) is 9.18 Å². The highest BCUT2D eigenvalue weighted by molar-refractivity contribution is 7.11. The van der Waals surface area contributed by atoms with Crippen LogP contribution in [0.3, 0.4) is 0 Å². The zero-order valence-electron chi connectivity index (χ0n) is 15.8. The van der Waals surface area contributed by atoms with E-state index in [-0.39, 0.29) is 11.6 Å². The van der Waals surface area contributed by atoms with Crippen molar-refractivity contribution in [2.24, 2.45) is 0 Å². The third-order valence-electron chi connectivity index (χ3n) is 5.17. The second-order valence-electron chi connectivity index (χ2n) is 7.21. The maximum Gasteiger partial charge on any atom is 0.232 e. The summed E-state index contributed by atoms with van der Waals surface area (Å²) in [5.41, 5.74) is 3.55. The van der Waals surface area contributed by atoms with E-state index in [4.69, 9.17) is 9.47 Å². The number of nitrogens with zero attached hydrogens (tertiary/aromatic N) is 1. The highest BCUT2D eigenvalue weighted by atomic mass is 32.1. The summed E-state index contributed by atoms with van der Waals surface area (Å²) in [6.07, 6.45) is 1.81. The normalized spacial score (nSPS) is 17.0. The number of thiophene rings is 1. The Bertz CT molecular complexity index is 1130. The lowest BCUT2D eigenvalue weighted by atomic mass is 10.0. The van der Waals surface area contributed by atoms with Gasteiger partial charge in [0.25, 0.3) is 0 Å². The van der Waals surface area contributed by atoms with Crippen molar-refractivity contribution in [1.82, 2.24) is 4.90 Å². The topological polar surface area (TPSA) is 38.8 Å². The molecule has 1 aromatic heterocycles. The fraction of sp³-hybridized carbons (Fsp3) is 0.174. The standard InChI is InChI=1S/C23H18FNO3S/c1-14-8-9-29-21(14)10-20-22(26)17-6-7-19-18(23(17)28-20)12-25(13-27-19)11-15-2-4-16(24)5-3-15/h2-10H,11-13H2,1H3/b20-10-. The van der Waals surface area contributed by atoms with Gasteiger partial charge in [0, 0.05) is 24.0 Å². The first-order chi connectivity index (χ1) is 14.1. The van der Waals surface area contributed by atoms with Gasteiger partial charge in [-0.25, -0.2) is 4.39 Å². The third-order valence-corrected chi connectivity index (χ3v) is 6.13. The van der Waals surface area contributed by atoms with E-state index in [0.717, 1.165) is 27.3 Å². The predicted octanol–water partition coefficient (Wildman–Crippen LogP) is 5.16. The van der Waals surface area contributed by atoms with Gasteiger partial charge in [-0.3, -0.25) is 9.69 Å². The summed E-state index contributed by atoms with van der Waals surface area (Å²) in [4.78, 5) is 16.0. The molecular weight excluding hydrogens is 389 g/mol. The van der Waals surface area contributed by atoms with Crippen molar-refractivity contribution in [3.8, 4) is 11.5 Å². The van der Waals surface area contributed by atoms with E-state index in [1.54, 1.807) is 29.5 Å². The number of fused-ring (bicyclic) bond motifs is 3. The molecule has 0 N–H and O–H groups in total. The van der Waals surface area contributed by atoms with Crippen LogP contribution in [0.15, 0.2) is 53.6 Å². The van der Waals surface area contributed by atoms with Gasteiger partial charge in [0.2, 0.25) is 5.78 Å². The average Bonchev–Trinajstić information content (AvgIpc) is 3.27. The summed E-state index contributed by atoms with van der Waals surface area (Å²) in [6.45, 7) is 3.65. The molecule has 0 amide bonds. The minimum absolute atomic E-state index is 0.105. The molecule has 4 nitrogen and oxygen atoms in total. The molecule has 0 saturated heterocycles. The van der Waals surface area contributed by atoms with Gasteiger partial charge in [-0.2, -0.15) is 0 Å². The fourth-order valence-electron chi connectivity index (χ4n) is 3.61. The van der Waals surface area contributed by atoms with Crippen molar-refractivity contribution >= 4 is 23.2 Å². The molecule has 2 aromatic carbocycles. The minimum Gasteiger partial charge on any atom is -0.478 e. The molecule has 0 aliphatic carbocycles. The number of allylic oxidation sites excluding steroid dienone is 1. The Morgan fingerprint density at radius 2 is 2.00 bits per heavy atom. The van der Waals surface area contributed by atoms with Gasteiger partial charge in [0.15, 0.2) is 5.76 Å². The molecule has 0 unspecified atom stereocenters. The maximum atomic E-state index is 13.2. The van der Waals surface area contributed by atoms with Crippen LogP contribution in [0, 0.1) is 12.7 Å². The summed E-state index contributed by atoms with van der Waals surface area (Å²) in [7, 11) is 0. The van der Waals surface area contributed by atoms with E-state index >= 15 is 0 Å². The Kier molecular flexibility index (Phi) is 4.45. The van der Waals surface area contributed by atoms with E-state index in [1.165, 1.54) is 12.1 Å². The van der Waals surface area contributed by atoms with Crippen molar-refractivity contribution in [3.05, 3.63) is 86.6 Å². The Hall–Kier alpha value is -2.96. The number of rotatable bonds is 3. The summed E-state index contributed by atoms with van der Waals surface area (Å²) in [5.74, 6) is 1.30. The molecule has 2 aliphatic heterocycles. The zero-order chi connectivity index (χ0) is 20.0. The first-order valence-electron chi connectivity index (χ1n) is 9.32. The maximum absolute atomic E-state index is 13.2. The fourth-order valence-corrected chi connectivity index (χ4v) is 4.45. The van der Waals surface area contributed by atoms with Crippen LogP contribution in [0.25, 0.3) is 6.08 Å². The van der Waals surface area contributed by atoms with Gasteiger partial charge in [-0.05, 0) is 53.8 Å². The lowest BCUT2D eigenvalue weighted by molar-refractivity contribution is 0.0872. The molecule has 3 heterocycles. The number of ketones is 1. The second kappa shape index (κ2) is 7.13. The number of halogens is 1. The highest BCUT2D eigenvalue weighted by Gasteiger charge is 2.33. The van der Waals surface area contributed by atoms with Gasteiger partial charge in [-0.15, -0.1) is 11.3 Å². The Morgan fingerprint density at radius 1 is 1.17 bits per heavy atom. The predicted molar refractivity (Wildman–Crippen MR) is 110 cm³/mol. The zero-order valence-corrected chi connectivity index (χ0v) is 16.6. The first-order valence-corrected chi connectivity index (χ1v) is 10.2. The van der Waals surface area contributed by atoms with Crippen molar-refractivity contribution in [2.45, 2.75) is 20.0 Å². The smallest absolute Gasteiger partial charge is 0.232 e. The summed E-state index contributed by atoms with van der Waals surface area (Å²) >= 11 is 1.58. The van der Waals surface area contributed by atoms with Gasteiger partial charge in [0.05, 0.1) is 11.1 Å². The molecule has 0 spiro atoms. The number of ether oxygens (including phenoxy) is 2. The van der Waals surface area contributed by atoms with Crippen LogP contribution >= 0.6 is 11.3 Å². The molecular formula is C23H18FNO3S. The van der Waals surface area contributed by atoms with E-state index in [1.807, 2.05) is 30.5 Å². The van der Waals surface area contributed by atoms with E-state index < -0.39 is 0 Å². The van der Waals surface area contributed by atoms with Crippen molar-refractivity contribution in [1.29, 1.82) is 0 Å². The van der Waals surface area contributed by atoms with Crippen LogP contribution in [-0.2, 0) is 13.1 Å². The number of carbonyl (C=O) groups excluding carboxylic acids is 1. The van der Waals surface area contributed by atoms with Crippen molar-refractivity contribution in [2.75, 3.05) is 6.73 Å². The van der Waals surface area contributed by atoms with Gasteiger partial charge >= 0.3 is 0 Å². The summed E-state index contributed by atoms with van der Waals surface area (Å²) < 4.78 is 25.1. The Morgan fingerprint density at radius 3 is 2.76 bits per heavy atom. The van der Waals surface area contributed by atoms with Crippen LogP contribution in [0.2, 0.25) is 0 Å². The molecule has 0 fully saturated rings. The molecule has 0 atom stereocenters. The summed E-state index contributed by atoms with van der Waals surface area (Å²) in [5, 5.41) is 2.00. The Labute approximate surface area is 171 Å². The SMILES string of the molecule is Cc1ccsc1/C=C1\Oc2c(ccc3c2CN(Cc2ccc(F)cc2)CO3)C1=O. The number of hydrogen-bond donors (Lipinski definition) is 0. The number of hydrogen-bond acceptors (Lipinski definition) is 5. The molecule has 3 aromatic rings. The lowest BCUT2D eigenvalue weighted by Crippen LogP contribution is -2.31. The van der Waals surface area contributed by atoms with Crippen LogP contribution in [0.4, 0.5) is 4.39 Å². The second-order valence-corrected chi connectivity index (χ2v) is 8.16. The Balaban J connectivity index is 1.43. The van der Waals surface area contributed by atoms with Gasteiger partial charge in [-0.1, -0.05) is 12.1 Å². The molecule has 5 rings (SSSR count). The lowest BCUT2D eigenvalue weighted by Gasteiger charge is -2.29. The molecule has 6 heteroatoms. The first kappa shape index (κ1) is 18.1. The van der Waals surface area contributed by atoms with E-state index in [2.05, 4.69) is 4.90 Å².